The predicted octanol–water partition coefficient (Wildman–Crippen LogP) is 1.56. The summed E-state index contributed by atoms with van der Waals surface area (Å²) in [5, 5.41) is 4.02. The summed E-state index contributed by atoms with van der Waals surface area (Å²) < 4.78 is 10.6. The monoisotopic (exact) mass is 253 g/mol. The van der Waals surface area contributed by atoms with Gasteiger partial charge >= 0.3 is 0 Å². The minimum Gasteiger partial charge on any atom is -0.381 e. The molecule has 1 saturated heterocycles. The number of ether oxygens (including phenoxy) is 1. The van der Waals surface area contributed by atoms with Crippen LogP contribution in [0.15, 0.2) is 4.52 Å². The second-order valence-electron chi connectivity index (χ2n) is 6.21. The van der Waals surface area contributed by atoms with Crippen LogP contribution < -0.4 is 5.73 Å². The first-order valence-corrected chi connectivity index (χ1v) is 6.60. The Morgan fingerprint density at radius 3 is 2.83 bits per heavy atom. The Balaban J connectivity index is 1.89. The van der Waals surface area contributed by atoms with Crippen molar-refractivity contribution >= 4 is 0 Å². The van der Waals surface area contributed by atoms with Gasteiger partial charge in [-0.15, -0.1) is 0 Å². The molecule has 2 unspecified atom stereocenters. The molecule has 0 aromatic carbocycles. The topological polar surface area (TPSA) is 74.2 Å². The van der Waals surface area contributed by atoms with Gasteiger partial charge in [0.15, 0.2) is 5.82 Å². The number of hydrogen-bond donors (Lipinski definition) is 1. The van der Waals surface area contributed by atoms with Crippen molar-refractivity contribution in [3.8, 4) is 0 Å². The number of rotatable bonds is 4. The Labute approximate surface area is 108 Å². The van der Waals surface area contributed by atoms with Crippen LogP contribution in [0.2, 0.25) is 0 Å². The van der Waals surface area contributed by atoms with Crippen LogP contribution in [0.4, 0.5) is 0 Å². The molecule has 1 aliphatic rings. The lowest BCUT2D eigenvalue weighted by Crippen LogP contribution is -2.37. The average molecular weight is 253 g/mol. The van der Waals surface area contributed by atoms with Gasteiger partial charge in [0, 0.05) is 32.1 Å². The van der Waals surface area contributed by atoms with Crippen LogP contribution in [0.5, 0.6) is 0 Å². The fourth-order valence-electron chi connectivity index (χ4n) is 1.95. The molecule has 0 spiro atoms. The van der Waals surface area contributed by atoms with E-state index in [4.69, 9.17) is 15.0 Å². The molecule has 18 heavy (non-hydrogen) atoms. The molecule has 1 fully saturated rings. The molecule has 0 radical (unpaired) electrons. The maximum Gasteiger partial charge on any atom is 0.228 e. The molecule has 0 amide bonds. The van der Waals surface area contributed by atoms with Crippen molar-refractivity contribution in [1.29, 1.82) is 0 Å². The summed E-state index contributed by atoms with van der Waals surface area (Å²) >= 11 is 0. The van der Waals surface area contributed by atoms with E-state index in [2.05, 4.69) is 30.9 Å². The first kappa shape index (κ1) is 13.5. The van der Waals surface area contributed by atoms with Crippen molar-refractivity contribution in [2.45, 2.75) is 46.1 Å². The lowest BCUT2D eigenvalue weighted by molar-refractivity contribution is 0.185. The van der Waals surface area contributed by atoms with Crippen molar-refractivity contribution in [2.75, 3.05) is 13.2 Å². The summed E-state index contributed by atoms with van der Waals surface area (Å²) in [5.74, 6) is 1.96. The summed E-state index contributed by atoms with van der Waals surface area (Å²) in [7, 11) is 0. The molecule has 0 aliphatic carbocycles. The highest BCUT2D eigenvalue weighted by molar-refractivity contribution is 4.93. The van der Waals surface area contributed by atoms with E-state index in [1.807, 2.05) is 0 Å². The van der Waals surface area contributed by atoms with Crippen LogP contribution >= 0.6 is 0 Å². The maximum atomic E-state index is 6.11. The molecular weight excluding hydrogens is 230 g/mol. The maximum absolute atomic E-state index is 6.11. The fraction of sp³-hybridized carbons (Fsp3) is 0.846. The van der Waals surface area contributed by atoms with E-state index in [0.29, 0.717) is 18.2 Å². The van der Waals surface area contributed by atoms with Crippen LogP contribution in [0.3, 0.4) is 0 Å². The zero-order valence-corrected chi connectivity index (χ0v) is 11.5. The highest BCUT2D eigenvalue weighted by atomic mass is 16.5. The van der Waals surface area contributed by atoms with Gasteiger partial charge < -0.3 is 15.0 Å². The Kier molecular flexibility index (Phi) is 4.02. The lowest BCUT2D eigenvalue weighted by atomic mass is 9.85. The molecule has 2 heterocycles. The Morgan fingerprint density at radius 2 is 2.22 bits per heavy atom. The summed E-state index contributed by atoms with van der Waals surface area (Å²) in [4.78, 5) is 4.41. The van der Waals surface area contributed by atoms with Crippen molar-refractivity contribution in [3.05, 3.63) is 11.7 Å². The molecule has 1 aromatic rings. The van der Waals surface area contributed by atoms with Crippen LogP contribution in [-0.2, 0) is 17.6 Å². The summed E-state index contributed by atoms with van der Waals surface area (Å²) in [6.07, 6.45) is 2.57. The van der Waals surface area contributed by atoms with Gasteiger partial charge in [0.1, 0.15) is 0 Å². The van der Waals surface area contributed by atoms with Crippen molar-refractivity contribution in [3.63, 3.8) is 0 Å². The third-order valence-electron chi connectivity index (χ3n) is 3.51. The van der Waals surface area contributed by atoms with Gasteiger partial charge in [0.2, 0.25) is 5.89 Å². The van der Waals surface area contributed by atoms with Crippen LogP contribution in [-0.4, -0.2) is 29.4 Å². The molecule has 2 N–H and O–H groups in total. The minimum atomic E-state index is 0.0283. The molecular formula is C13H23N3O2. The van der Waals surface area contributed by atoms with Gasteiger partial charge in [-0.05, 0) is 17.8 Å². The van der Waals surface area contributed by atoms with Crippen molar-refractivity contribution < 1.29 is 9.26 Å². The Bertz CT molecular complexity index is 378. The van der Waals surface area contributed by atoms with Gasteiger partial charge in [-0.2, -0.15) is 4.98 Å². The third kappa shape index (κ3) is 3.53. The van der Waals surface area contributed by atoms with Crippen LogP contribution in [0, 0.1) is 11.3 Å². The van der Waals surface area contributed by atoms with E-state index < -0.39 is 0 Å². The van der Waals surface area contributed by atoms with Gasteiger partial charge in [0.05, 0.1) is 0 Å². The lowest BCUT2D eigenvalue weighted by Gasteiger charge is -2.25. The second-order valence-corrected chi connectivity index (χ2v) is 6.21. The van der Waals surface area contributed by atoms with E-state index in [1.54, 1.807) is 0 Å². The highest BCUT2D eigenvalue weighted by Gasteiger charge is 2.24. The number of nitrogens with two attached hydrogens (primary N) is 1. The zero-order chi connectivity index (χ0) is 13.2. The average Bonchev–Trinajstić information content (AvgIpc) is 2.89. The largest absolute Gasteiger partial charge is 0.381 e. The van der Waals surface area contributed by atoms with Crippen LogP contribution in [0.1, 0.15) is 38.9 Å². The molecule has 2 atom stereocenters. The summed E-state index contributed by atoms with van der Waals surface area (Å²) in [5.41, 5.74) is 6.16. The summed E-state index contributed by atoms with van der Waals surface area (Å²) in [6.45, 7) is 8.01. The Morgan fingerprint density at radius 1 is 1.44 bits per heavy atom. The molecule has 5 nitrogen and oxygen atoms in total. The van der Waals surface area contributed by atoms with E-state index in [-0.39, 0.29) is 11.5 Å². The zero-order valence-electron chi connectivity index (χ0n) is 11.5. The molecule has 1 aromatic heterocycles. The van der Waals surface area contributed by atoms with Crippen LogP contribution in [0.25, 0.3) is 0 Å². The predicted molar refractivity (Wildman–Crippen MR) is 68.1 cm³/mol. The number of hydrogen-bond acceptors (Lipinski definition) is 5. The second kappa shape index (κ2) is 5.36. The van der Waals surface area contributed by atoms with E-state index >= 15 is 0 Å². The SMILES string of the molecule is CC(C)(C)C(N)Cc1nc(CC2CCOC2)no1. The van der Waals surface area contributed by atoms with Gasteiger partial charge in [-0.25, -0.2) is 0 Å². The number of aromatic nitrogens is 2. The number of nitrogens with zero attached hydrogens (tertiary/aromatic N) is 2. The Hall–Kier alpha value is -0.940. The van der Waals surface area contributed by atoms with Crippen molar-refractivity contribution in [1.82, 2.24) is 10.1 Å². The van der Waals surface area contributed by atoms with Gasteiger partial charge in [-0.3, -0.25) is 0 Å². The third-order valence-corrected chi connectivity index (χ3v) is 3.51. The first-order valence-electron chi connectivity index (χ1n) is 6.60. The smallest absolute Gasteiger partial charge is 0.228 e. The highest BCUT2D eigenvalue weighted by Crippen LogP contribution is 2.21. The van der Waals surface area contributed by atoms with Gasteiger partial charge in [-0.1, -0.05) is 25.9 Å². The first-order chi connectivity index (χ1) is 8.45. The molecule has 1 aliphatic heterocycles. The van der Waals surface area contributed by atoms with Crippen molar-refractivity contribution in [2.24, 2.45) is 17.1 Å². The molecule has 102 valence electrons. The normalized spacial score (nSPS) is 22.3. The molecule has 0 saturated carbocycles. The molecule has 0 bridgehead atoms. The quantitative estimate of drug-likeness (QED) is 0.881. The molecule has 5 heteroatoms. The fourth-order valence-corrected chi connectivity index (χ4v) is 1.95. The van der Waals surface area contributed by atoms with E-state index in [0.717, 1.165) is 31.9 Å². The standard InChI is InChI=1S/C13H23N3O2/c1-13(2,3)10(14)7-12-15-11(16-18-12)6-9-4-5-17-8-9/h9-10H,4-8,14H2,1-3H3. The molecule has 2 rings (SSSR count). The van der Waals surface area contributed by atoms with Gasteiger partial charge in [0.25, 0.3) is 0 Å². The minimum absolute atomic E-state index is 0.0283. The summed E-state index contributed by atoms with van der Waals surface area (Å²) in [6, 6.07) is 0.0283. The van der Waals surface area contributed by atoms with E-state index in [9.17, 15) is 0 Å². The van der Waals surface area contributed by atoms with E-state index in [1.165, 1.54) is 0 Å².